The van der Waals surface area contributed by atoms with Gasteiger partial charge >= 0.3 is 0 Å². The molecule has 0 saturated carbocycles. The molecular formula is C22H22N4O3. The maximum Gasteiger partial charge on any atom is 0.274 e. The van der Waals surface area contributed by atoms with Gasteiger partial charge < -0.3 is 19.7 Å². The normalized spacial score (nSPS) is 12.8. The number of methoxy groups -OCH3 is 2. The monoisotopic (exact) mass is 390 g/mol. The molecule has 0 unspecified atom stereocenters. The van der Waals surface area contributed by atoms with E-state index in [-0.39, 0.29) is 5.91 Å². The van der Waals surface area contributed by atoms with Crippen LogP contribution in [0.5, 0.6) is 11.5 Å². The van der Waals surface area contributed by atoms with Crippen LogP contribution >= 0.6 is 0 Å². The lowest BCUT2D eigenvalue weighted by atomic mass is 10.00. The van der Waals surface area contributed by atoms with Crippen LogP contribution < -0.4 is 14.8 Å². The second kappa shape index (κ2) is 8.18. The van der Waals surface area contributed by atoms with Crippen LogP contribution in [0.4, 0.5) is 11.5 Å². The first-order valence-corrected chi connectivity index (χ1v) is 9.37. The molecule has 4 rings (SSSR count). The van der Waals surface area contributed by atoms with E-state index in [9.17, 15) is 4.79 Å². The molecule has 0 bridgehead atoms. The topological polar surface area (TPSA) is 76.6 Å². The molecule has 0 radical (unpaired) electrons. The van der Waals surface area contributed by atoms with E-state index in [1.165, 1.54) is 11.1 Å². The molecule has 2 aromatic carbocycles. The highest BCUT2D eigenvalue weighted by molar-refractivity contribution is 5.92. The number of amides is 1. The van der Waals surface area contributed by atoms with Crippen molar-refractivity contribution in [3.63, 3.8) is 0 Å². The van der Waals surface area contributed by atoms with Gasteiger partial charge in [-0.1, -0.05) is 24.3 Å². The van der Waals surface area contributed by atoms with Crippen LogP contribution in [0.25, 0.3) is 0 Å². The van der Waals surface area contributed by atoms with Gasteiger partial charge in [-0.2, -0.15) is 0 Å². The summed E-state index contributed by atoms with van der Waals surface area (Å²) in [5, 5.41) is 11.4. The fourth-order valence-electron chi connectivity index (χ4n) is 3.38. The Hall–Kier alpha value is -3.61. The molecule has 148 valence electrons. The van der Waals surface area contributed by atoms with Gasteiger partial charge in [-0.3, -0.25) is 4.79 Å². The van der Waals surface area contributed by atoms with Crippen molar-refractivity contribution in [2.24, 2.45) is 0 Å². The van der Waals surface area contributed by atoms with Gasteiger partial charge in [-0.15, -0.1) is 10.2 Å². The van der Waals surface area contributed by atoms with Crippen LogP contribution in [0.1, 0.15) is 21.6 Å². The number of aromatic nitrogens is 2. The molecule has 0 atom stereocenters. The maximum atomic E-state index is 12.8. The average molecular weight is 390 g/mol. The van der Waals surface area contributed by atoms with Crippen molar-refractivity contribution >= 4 is 17.4 Å². The number of hydrogen-bond donors (Lipinski definition) is 1. The minimum absolute atomic E-state index is 0.111. The van der Waals surface area contributed by atoms with Crippen molar-refractivity contribution in [2.75, 3.05) is 26.1 Å². The third-order valence-corrected chi connectivity index (χ3v) is 4.97. The fraction of sp³-hybridized carbons (Fsp3) is 0.227. The molecule has 7 nitrogen and oxygen atoms in total. The fourth-order valence-corrected chi connectivity index (χ4v) is 3.38. The number of carbonyl (C=O) groups excluding carboxylic acids is 1. The molecule has 29 heavy (non-hydrogen) atoms. The van der Waals surface area contributed by atoms with E-state index >= 15 is 0 Å². The first kappa shape index (κ1) is 18.7. The van der Waals surface area contributed by atoms with Gasteiger partial charge in [0.05, 0.1) is 19.9 Å². The molecule has 0 fully saturated rings. The molecule has 0 spiro atoms. The number of benzene rings is 2. The van der Waals surface area contributed by atoms with Gasteiger partial charge in [-0.25, -0.2) is 0 Å². The number of fused-ring (bicyclic) bond motifs is 1. The van der Waals surface area contributed by atoms with Crippen LogP contribution in [0.2, 0.25) is 0 Å². The highest BCUT2D eigenvalue weighted by Crippen LogP contribution is 2.31. The van der Waals surface area contributed by atoms with Crippen molar-refractivity contribution in [2.45, 2.75) is 13.0 Å². The largest absolute Gasteiger partial charge is 0.497 e. The molecule has 2 heterocycles. The molecule has 3 aromatic rings. The Morgan fingerprint density at radius 2 is 1.83 bits per heavy atom. The van der Waals surface area contributed by atoms with E-state index in [1.807, 2.05) is 29.2 Å². The predicted molar refractivity (Wildman–Crippen MR) is 110 cm³/mol. The molecule has 1 aliphatic heterocycles. The highest BCUT2D eigenvalue weighted by Gasteiger charge is 2.22. The number of rotatable bonds is 5. The first-order valence-electron chi connectivity index (χ1n) is 9.37. The number of anilines is 2. The summed E-state index contributed by atoms with van der Waals surface area (Å²) in [4.78, 5) is 14.6. The van der Waals surface area contributed by atoms with Gasteiger partial charge in [0, 0.05) is 19.2 Å². The second-order valence-electron chi connectivity index (χ2n) is 6.74. The molecular weight excluding hydrogens is 368 g/mol. The van der Waals surface area contributed by atoms with E-state index < -0.39 is 0 Å². The number of nitrogens with zero attached hydrogens (tertiary/aromatic N) is 3. The van der Waals surface area contributed by atoms with Crippen LogP contribution in [0, 0.1) is 0 Å². The van der Waals surface area contributed by atoms with Gasteiger partial charge in [-0.05, 0) is 41.8 Å². The summed E-state index contributed by atoms with van der Waals surface area (Å²) in [5.41, 5.74) is 3.55. The number of hydrogen-bond acceptors (Lipinski definition) is 6. The van der Waals surface area contributed by atoms with Gasteiger partial charge in [0.1, 0.15) is 11.5 Å². The summed E-state index contributed by atoms with van der Waals surface area (Å²) in [7, 11) is 3.19. The first-order chi connectivity index (χ1) is 14.2. The Balaban J connectivity index is 1.46. The Kier molecular flexibility index (Phi) is 5.29. The van der Waals surface area contributed by atoms with Crippen LogP contribution in [0.3, 0.4) is 0 Å². The molecule has 1 amide bonds. The molecule has 1 N–H and O–H groups in total. The summed E-state index contributed by atoms with van der Waals surface area (Å²) < 4.78 is 10.6. The van der Waals surface area contributed by atoms with Crippen molar-refractivity contribution < 1.29 is 14.3 Å². The summed E-state index contributed by atoms with van der Waals surface area (Å²) in [6, 6.07) is 17.1. The molecule has 1 aliphatic rings. The van der Waals surface area contributed by atoms with Gasteiger partial charge in [0.25, 0.3) is 5.91 Å². The van der Waals surface area contributed by atoms with Crippen LogP contribution in [0.15, 0.2) is 54.6 Å². The lowest BCUT2D eigenvalue weighted by Gasteiger charge is -2.28. The summed E-state index contributed by atoms with van der Waals surface area (Å²) in [6.07, 6.45) is 0.853. The average Bonchev–Trinajstić information content (AvgIpc) is 2.79. The smallest absolute Gasteiger partial charge is 0.274 e. The Morgan fingerprint density at radius 1 is 1.00 bits per heavy atom. The number of ether oxygens (including phenoxy) is 2. The molecule has 1 aromatic heterocycles. The number of nitrogens with one attached hydrogen (secondary N) is 1. The molecule has 7 heteroatoms. The minimum atomic E-state index is -0.111. The third kappa shape index (κ3) is 3.99. The second-order valence-corrected chi connectivity index (χ2v) is 6.74. The zero-order valence-electron chi connectivity index (χ0n) is 16.4. The lowest BCUT2D eigenvalue weighted by molar-refractivity contribution is 0.0727. The summed E-state index contributed by atoms with van der Waals surface area (Å²) in [6.45, 7) is 1.28. The predicted octanol–water partition coefficient (Wildman–Crippen LogP) is 3.44. The zero-order chi connectivity index (χ0) is 20.2. The van der Waals surface area contributed by atoms with Crippen molar-refractivity contribution in [1.29, 1.82) is 0 Å². The Labute approximate surface area is 169 Å². The van der Waals surface area contributed by atoms with E-state index in [1.54, 1.807) is 32.4 Å². The van der Waals surface area contributed by atoms with Crippen molar-refractivity contribution in [3.8, 4) is 11.5 Å². The minimum Gasteiger partial charge on any atom is -0.497 e. The Morgan fingerprint density at radius 3 is 2.55 bits per heavy atom. The van der Waals surface area contributed by atoms with Crippen molar-refractivity contribution in [3.05, 3.63) is 71.4 Å². The molecule has 0 aliphatic carbocycles. The van der Waals surface area contributed by atoms with E-state index in [2.05, 4.69) is 27.6 Å². The van der Waals surface area contributed by atoms with E-state index in [4.69, 9.17) is 9.47 Å². The summed E-state index contributed by atoms with van der Waals surface area (Å²) >= 11 is 0. The van der Waals surface area contributed by atoms with Gasteiger partial charge in [0.15, 0.2) is 11.5 Å². The standard InChI is InChI=1S/C22H22N4O3/c1-28-17-7-8-18(20(13-17)29-2)23-21-10-9-19(24-25-21)22(27)26-12-11-15-5-3-4-6-16(15)14-26/h3-10,13H,11-12,14H2,1-2H3,(H,23,25). The van der Waals surface area contributed by atoms with E-state index in [0.29, 0.717) is 36.1 Å². The number of carbonyl (C=O) groups is 1. The van der Waals surface area contributed by atoms with E-state index in [0.717, 1.165) is 12.1 Å². The van der Waals surface area contributed by atoms with Gasteiger partial charge in [0.2, 0.25) is 0 Å². The molecule has 0 saturated heterocycles. The Bertz CT molecular complexity index is 1020. The van der Waals surface area contributed by atoms with Crippen LogP contribution in [-0.2, 0) is 13.0 Å². The zero-order valence-corrected chi connectivity index (χ0v) is 16.4. The third-order valence-electron chi connectivity index (χ3n) is 4.97. The van der Waals surface area contributed by atoms with Crippen LogP contribution in [-0.4, -0.2) is 41.8 Å². The maximum absolute atomic E-state index is 12.8. The SMILES string of the molecule is COc1ccc(Nc2ccc(C(=O)N3CCc4ccccc4C3)nn2)c(OC)c1. The lowest BCUT2D eigenvalue weighted by Crippen LogP contribution is -2.36. The van der Waals surface area contributed by atoms with Crippen molar-refractivity contribution in [1.82, 2.24) is 15.1 Å². The quantitative estimate of drug-likeness (QED) is 0.719. The summed E-state index contributed by atoms with van der Waals surface area (Å²) in [5.74, 6) is 1.73. The highest BCUT2D eigenvalue weighted by atomic mass is 16.5.